The number of aryl methyl sites for hydroxylation is 11. The van der Waals surface area contributed by atoms with Crippen LogP contribution in [0.15, 0.2) is 420 Å². The van der Waals surface area contributed by atoms with E-state index in [4.69, 9.17) is 20.6 Å². The normalized spacial score (nSPS) is 12.1. The predicted octanol–water partition coefficient (Wildman–Crippen LogP) is 30.4. The Bertz CT molecular complexity index is 7030. The van der Waals surface area contributed by atoms with Crippen LogP contribution in [0.5, 0.6) is 0 Å². The van der Waals surface area contributed by atoms with Crippen LogP contribution in [-0.2, 0) is 80.4 Å². The Morgan fingerprint density at radius 2 is 0.385 bits per heavy atom. The minimum Gasteiger partial charge on any atom is -0.304 e. The summed E-state index contributed by atoms with van der Waals surface area (Å²) in [5.41, 5.74) is 30.2. The standard InChI is InChI=1S/3C18H14N.C17H12N.4C13H12N.4Ir/c1-14-12-18(16-10-6-3-7-11-16)19-13-17(14)15-8-4-2-5-9-15;2*1-14-7-9-15(10-8-14)17-11-12-18(19-13-17)16-5-3-2-4-6-16;1-3-7-14(8-4-1)16-11-12-17(18-13-16)15-9-5-2-6-10-15;4*1-10-8-13(14-9-11(10)2)12-6-4-3-5-7-12;;;;/h2-10,12-13H,1H3;2*2-5,7-13H,1H3;1-9,11-13H;4*3-6,8-9H,1-2H3;;;;/q8*-1;;;;/i;1D3;;;4*2D3;;;;. The first-order chi connectivity index (χ1) is 70.1. The van der Waals surface area contributed by atoms with E-state index in [2.05, 4.69) is 169 Å². The van der Waals surface area contributed by atoms with E-state index in [-0.39, 0.29) is 80.4 Å². The van der Waals surface area contributed by atoms with Crippen molar-refractivity contribution in [2.45, 2.75) is 75.8 Å². The SMILES string of the molecule is Cc1cc(-c2[c-]cccc2)ncc1-c1ccccc1.Cc1ccc(-c2ccc(-c3[c-]cccc3)nc2)cc1.[2H]C([2H])([2H])c1ccc(-c2ccc(-c3[c-]cccc3)nc2)cc1.[2H]C([2H])([2H])c1cnc(-c2[c-]cccc2)cc1C.[2H]C([2H])([2H])c1cnc(-c2[c-]cccc2)cc1C.[2H]C([2H])([2H])c1cnc(-c2[c-]cccc2)cc1C.[2H]C([2H])([2H])c1cnc(-c2[c-]cccc2)cc1C.[Ir].[Ir].[Ir].[Ir].[c-]1ccccc1-c1ccc(-c2ccccc2)cn1. The van der Waals surface area contributed by atoms with Crippen molar-refractivity contribution in [3.63, 3.8) is 0 Å². The van der Waals surface area contributed by atoms with Gasteiger partial charge in [0.1, 0.15) is 0 Å². The van der Waals surface area contributed by atoms with E-state index >= 15 is 0 Å². The topological polar surface area (TPSA) is 103 Å². The monoisotopic (exact) mass is 2480 g/mol. The van der Waals surface area contributed by atoms with Crippen LogP contribution in [0.2, 0.25) is 0 Å². The molecule has 0 saturated heterocycles. The number of hydrogen-bond acceptors (Lipinski definition) is 8. The molecule has 20 rings (SSSR count). The Kier molecular flexibility index (Phi) is 34.5. The molecule has 678 valence electrons. The van der Waals surface area contributed by atoms with Gasteiger partial charge >= 0.3 is 0 Å². The van der Waals surface area contributed by atoms with Gasteiger partial charge in [-0.25, -0.2) is 0 Å². The van der Waals surface area contributed by atoms with E-state index in [0.717, 1.165) is 135 Å². The third-order valence-electron chi connectivity index (χ3n) is 20.5. The minimum absolute atomic E-state index is 0. The molecule has 0 aliphatic carbocycles. The number of hydrogen-bond donors (Lipinski definition) is 0. The molecule has 0 unspecified atom stereocenters. The Morgan fingerprint density at radius 1 is 0.170 bits per heavy atom. The molecule has 12 aromatic carbocycles. The zero-order chi connectivity index (χ0) is 104. The van der Waals surface area contributed by atoms with Crippen LogP contribution in [0.3, 0.4) is 0 Å². The van der Waals surface area contributed by atoms with Gasteiger partial charge in [-0.3, -0.25) is 0 Å². The number of nitrogens with zero attached hydrogens (tertiary/aromatic N) is 8. The Hall–Kier alpha value is -13.6. The maximum atomic E-state index is 7.39. The molecular weight excluding hydrogens is 2360 g/mol. The second-order valence-electron chi connectivity index (χ2n) is 30.1. The third-order valence-corrected chi connectivity index (χ3v) is 20.5. The van der Waals surface area contributed by atoms with Crippen LogP contribution in [0.1, 0.15) is 81.8 Å². The van der Waals surface area contributed by atoms with Crippen LogP contribution in [0.25, 0.3) is 135 Å². The van der Waals surface area contributed by atoms with Crippen molar-refractivity contribution >= 4 is 0 Å². The zero-order valence-corrected chi connectivity index (χ0v) is 84.3. The molecule has 8 aromatic heterocycles. The van der Waals surface area contributed by atoms with Crippen molar-refractivity contribution in [3.8, 4) is 135 Å². The van der Waals surface area contributed by atoms with Gasteiger partial charge in [-0.2, -0.15) is 0 Å². The van der Waals surface area contributed by atoms with Crippen molar-refractivity contribution in [3.05, 3.63) is 529 Å². The van der Waals surface area contributed by atoms with E-state index in [1.165, 1.54) is 58.2 Å². The summed E-state index contributed by atoms with van der Waals surface area (Å²) < 4.78 is 111. The molecule has 0 aliphatic heterocycles. The molecule has 0 N–H and O–H groups in total. The zero-order valence-electron chi connectivity index (χ0n) is 89.7. The van der Waals surface area contributed by atoms with E-state index in [1.807, 2.05) is 286 Å². The van der Waals surface area contributed by atoms with Gasteiger partial charge in [0.05, 0.1) is 0 Å². The van der Waals surface area contributed by atoms with Gasteiger partial charge in [-0.15, -0.1) is 287 Å². The van der Waals surface area contributed by atoms with E-state index in [1.54, 1.807) is 70.3 Å². The van der Waals surface area contributed by atoms with Gasteiger partial charge in [0.2, 0.25) is 0 Å². The number of pyridine rings is 8. The van der Waals surface area contributed by atoms with Crippen molar-refractivity contribution in [2.24, 2.45) is 0 Å². The fourth-order valence-electron chi connectivity index (χ4n) is 13.1. The molecule has 0 aliphatic rings. The van der Waals surface area contributed by atoms with Gasteiger partial charge in [-0.1, -0.05) is 209 Å². The fourth-order valence-corrected chi connectivity index (χ4v) is 13.1. The average molecular weight is 2480 g/mol. The summed E-state index contributed by atoms with van der Waals surface area (Å²) in [6, 6.07) is 144. The summed E-state index contributed by atoms with van der Waals surface area (Å²) in [5, 5.41) is 0. The molecule has 0 saturated carbocycles. The summed E-state index contributed by atoms with van der Waals surface area (Å²) in [6.07, 6.45) is 13.3. The van der Waals surface area contributed by atoms with Crippen LogP contribution in [0.4, 0.5) is 0 Å². The van der Waals surface area contributed by atoms with E-state index in [0.29, 0.717) is 27.8 Å². The molecule has 0 amide bonds. The van der Waals surface area contributed by atoms with Crippen molar-refractivity contribution in [2.75, 3.05) is 0 Å². The van der Waals surface area contributed by atoms with Crippen molar-refractivity contribution in [1.29, 1.82) is 0 Å². The number of aromatic nitrogens is 8. The summed E-state index contributed by atoms with van der Waals surface area (Å²) in [4.78, 5) is 34.8. The van der Waals surface area contributed by atoms with Gasteiger partial charge in [0.15, 0.2) is 0 Å². The molecule has 8 heterocycles. The first kappa shape index (κ1) is 84.4. The summed E-state index contributed by atoms with van der Waals surface area (Å²) in [7, 11) is 0. The molecule has 8 nitrogen and oxygen atoms in total. The molecule has 0 atom stereocenters. The average Bonchev–Trinajstić information content (AvgIpc) is 0.815. The van der Waals surface area contributed by atoms with Gasteiger partial charge in [0.25, 0.3) is 0 Å². The van der Waals surface area contributed by atoms with E-state index in [9.17, 15) is 0 Å². The van der Waals surface area contributed by atoms with Crippen molar-refractivity contribution < 1.29 is 101 Å². The largest absolute Gasteiger partial charge is 0.304 e. The Labute approximate surface area is 873 Å². The molecule has 4 radical (unpaired) electrons. The quantitative estimate of drug-likeness (QED) is 0.111. The fraction of sp³-hybridized carbons (Fsp3) is 0.0894. The van der Waals surface area contributed by atoms with Crippen LogP contribution in [-0.4, -0.2) is 39.9 Å². The predicted molar refractivity (Wildman–Crippen MR) is 542 cm³/mol. The molecular formula is C123H102Ir4N8-8. The first-order valence-corrected chi connectivity index (χ1v) is 42.4. The van der Waals surface area contributed by atoms with Gasteiger partial charge < -0.3 is 39.9 Å². The molecule has 0 bridgehead atoms. The Morgan fingerprint density at radius 3 is 0.607 bits per heavy atom. The van der Waals surface area contributed by atoms with E-state index < -0.39 is 34.3 Å². The smallest absolute Gasteiger partial charge is 0.0280 e. The summed E-state index contributed by atoms with van der Waals surface area (Å²) >= 11 is 0. The summed E-state index contributed by atoms with van der Waals surface area (Å²) in [6.45, 7) is 0.895. The molecule has 20 aromatic rings. The van der Waals surface area contributed by atoms with Crippen LogP contribution in [0, 0.1) is 124 Å². The number of rotatable bonds is 12. The second-order valence-corrected chi connectivity index (χ2v) is 30.1. The van der Waals surface area contributed by atoms with Crippen LogP contribution < -0.4 is 0 Å². The van der Waals surface area contributed by atoms with Gasteiger partial charge in [0, 0.05) is 156 Å². The Balaban J connectivity index is 0.000000190. The first-order valence-electron chi connectivity index (χ1n) is 49.9. The maximum Gasteiger partial charge on any atom is 0.0280 e. The maximum absolute atomic E-state index is 7.39. The van der Waals surface area contributed by atoms with Gasteiger partial charge in [-0.05, 0) is 188 Å². The second kappa shape index (κ2) is 55.2. The number of benzene rings is 12. The summed E-state index contributed by atoms with van der Waals surface area (Å²) in [5.74, 6) is 0. The van der Waals surface area contributed by atoms with Crippen molar-refractivity contribution in [1.82, 2.24) is 39.9 Å². The molecule has 135 heavy (non-hydrogen) atoms. The minimum atomic E-state index is -2.10. The molecule has 0 spiro atoms. The molecule has 0 fully saturated rings. The van der Waals surface area contributed by atoms with Crippen LogP contribution >= 0.6 is 0 Å². The third kappa shape index (κ3) is 32.1. The molecule has 12 heteroatoms.